The Morgan fingerprint density at radius 2 is 2.04 bits per heavy atom. The van der Waals surface area contributed by atoms with Gasteiger partial charge in [-0.05, 0) is 62.0 Å². The lowest BCUT2D eigenvalue weighted by molar-refractivity contribution is -0.121. The number of likely N-dealkylation sites (N-methyl/N-ethyl adjacent to an activating group) is 1. The van der Waals surface area contributed by atoms with Gasteiger partial charge in [-0.3, -0.25) is 4.79 Å². The molecule has 0 saturated carbocycles. The molecule has 130 valence electrons. The number of carbonyl (C=O) groups excluding carboxylic acids is 1. The van der Waals surface area contributed by atoms with Crippen molar-refractivity contribution in [1.82, 2.24) is 10.2 Å². The molecule has 0 aliphatic carbocycles. The normalized spacial score (nSPS) is 12.3. The molecule has 1 heterocycles. The number of nitrogens with one attached hydrogen (secondary N) is 1. The van der Waals surface area contributed by atoms with E-state index in [1.165, 1.54) is 9.77 Å². The van der Waals surface area contributed by atoms with Gasteiger partial charge in [0.2, 0.25) is 5.91 Å². The van der Waals surface area contributed by atoms with Gasteiger partial charge in [0.1, 0.15) is 0 Å². The number of rotatable bonds is 9. The fraction of sp³-hybridized carbons (Fsp3) is 0.389. The standard InChI is InChI=1S/C18H23ClN2OS2/c1-21(2)16(17-5-3-12-24-17)13-20-18(22)6-4-11-23-15-9-7-14(19)8-10-15/h3,5,7-10,12,16H,4,6,11,13H2,1-2H3,(H,20,22). The maximum absolute atomic E-state index is 12.0. The number of carbonyl (C=O) groups is 1. The summed E-state index contributed by atoms with van der Waals surface area (Å²) in [4.78, 5) is 16.6. The molecule has 1 N–H and O–H groups in total. The van der Waals surface area contributed by atoms with E-state index in [1.54, 1.807) is 23.1 Å². The number of thiophene rings is 1. The Balaban J connectivity index is 1.66. The number of nitrogens with zero attached hydrogens (tertiary/aromatic N) is 1. The number of hydrogen-bond acceptors (Lipinski definition) is 4. The number of hydrogen-bond donors (Lipinski definition) is 1. The van der Waals surface area contributed by atoms with Crippen molar-refractivity contribution in [1.29, 1.82) is 0 Å². The Morgan fingerprint density at radius 1 is 1.29 bits per heavy atom. The SMILES string of the molecule is CN(C)C(CNC(=O)CCCSc1ccc(Cl)cc1)c1cccs1. The number of amides is 1. The highest BCUT2D eigenvalue weighted by atomic mass is 35.5. The van der Waals surface area contributed by atoms with Crippen LogP contribution in [0.5, 0.6) is 0 Å². The van der Waals surface area contributed by atoms with Crippen molar-refractivity contribution in [2.75, 3.05) is 26.4 Å². The van der Waals surface area contributed by atoms with E-state index in [0.717, 1.165) is 17.2 Å². The van der Waals surface area contributed by atoms with Crippen molar-refractivity contribution in [3.63, 3.8) is 0 Å². The Morgan fingerprint density at radius 3 is 2.67 bits per heavy atom. The molecule has 24 heavy (non-hydrogen) atoms. The van der Waals surface area contributed by atoms with E-state index in [0.29, 0.717) is 13.0 Å². The van der Waals surface area contributed by atoms with Crippen molar-refractivity contribution in [3.05, 3.63) is 51.7 Å². The summed E-state index contributed by atoms with van der Waals surface area (Å²) in [6, 6.07) is 12.2. The fourth-order valence-electron chi connectivity index (χ4n) is 2.27. The summed E-state index contributed by atoms with van der Waals surface area (Å²) in [5, 5.41) is 5.88. The molecule has 1 aromatic heterocycles. The van der Waals surface area contributed by atoms with E-state index < -0.39 is 0 Å². The molecule has 6 heteroatoms. The van der Waals surface area contributed by atoms with Crippen LogP contribution in [0, 0.1) is 0 Å². The molecular weight excluding hydrogens is 360 g/mol. The van der Waals surface area contributed by atoms with Crippen molar-refractivity contribution in [2.24, 2.45) is 0 Å². The molecule has 0 aliphatic heterocycles. The monoisotopic (exact) mass is 382 g/mol. The molecule has 2 rings (SSSR count). The van der Waals surface area contributed by atoms with Crippen LogP contribution in [0.25, 0.3) is 0 Å². The summed E-state index contributed by atoms with van der Waals surface area (Å²) in [7, 11) is 4.08. The average molecular weight is 383 g/mol. The van der Waals surface area contributed by atoms with E-state index in [2.05, 4.69) is 21.7 Å². The molecular formula is C18H23ClN2OS2. The first-order chi connectivity index (χ1) is 11.6. The molecule has 1 aromatic carbocycles. The van der Waals surface area contributed by atoms with Gasteiger partial charge in [0.15, 0.2) is 0 Å². The highest BCUT2D eigenvalue weighted by Crippen LogP contribution is 2.23. The Bertz CT molecular complexity index is 614. The van der Waals surface area contributed by atoms with Gasteiger partial charge in [-0.15, -0.1) is 23.1 Å². The van der Waals surface area contributed by atoms with Crippen LogP contribution in [-0.2, 0) is 4.79 Å². The zero-order valence-electron chi connectivity index (χ0n) is 14.0. The minimum atomic E-state index is 0.120. The molecule has 0 bridgehead atoms. The first-order valence-electron chi connectivity index (χ1n) is 7.91. The highest BCUT2D eigenvalue weighted by Gasteiger charge is 2.15. The van der Waals surface area contributed by atoms with Gasteiger partial charge in [-0.1, -0.05) is 17.7 Å². The van der Waals surface area contributed by atoms with Crippen molar-refractivity contribution < 1.29 is 4.79 Å². The van der Waals surface area contributed by atoms with Crippen molar-refractivity contribution in [3.8, 4) is 0 Å². The van der Waals surface area contributed by atoms with Crippen molar-refractivity contribution >= 4 is 40.6 Å². The minimum absolute atomic E-state index is 0.120. The zero-order chi connectivity index (χ0) is 17.4. The van der Waals surface area contributed by atoms with Crippen LogP contribution in [0.15, 0.2) is 46.7 Å². The summed E-state index contributed by atoms with van der Waals surface area (Å²) in [5.41, 5.74) is 0. The molecule has 1 unspecified atom stereocenters. The fourth-order valence-corrected chi connectivity index (χ4v) is 4.17. The Kier molecular flexibility index (Phi) is 8.12. The number of benzene rings is 1. The average Bonchev–Trinajstić information content (AvgIpc) is 3.07. The molecule has 1 amide bonds. The lowest BCUT2D eigenvalue weighted by Crippen LogP contribution is -2.34. The second kappa shape index (κ2) is 10.1. The third-order valence-electron chi connectivity index (χ3n) is 3.62. The summed E-state index contributed by atoms with van der Waals surface area (Å²) in [6.45, 7) is 0.649. The van der Waals surface area contributed by atoms with Crippen LogP contribution in [0.1, 0.15) is 23.8 Å². The first-order valence-corrected chi connectivity index (χ1v) is 10.2. The van der Waals surface area contributed by atoms with E-state index in [9.17, 15) is 4.79 Å². The van der Waals surface area contributed by atoms with E-state index in [-0.39, 0.29) is 11.9 Å². The molecule has 3 nitrogen and oxygen atoms in total. The third kappa shape index (κ3) is 6.48. The molecule has 2 aromatic rings. The van der Waals surface area contributed by atoms with Gasteiger partial charge in [-0.2, -0.15) is 0 Å². The summed E-state index contributed by atoms with van der Waals surface area (Å²) < 4.78 is 0. The molecule has 1 atom stereocenters. The van der Waals surface area contributed by atoms with Crippen LogP contribution < -0.4 is 5.32 Å². The third-order valence-corrected chi connectivity index (χ3v) is 5.94. The number of halogens is 1. The van der Waals surface area contributed by atoms with Gasteiger partial charge in [0, 0.05) is 27.8 Å². The Hall–Kier alpha value is -1.01. The van der Waals surface area contributed by atoms with Crippen LogP contribution in [-0.4, -0.2) is 37.2 Å². The lowest BCUT2D eigenvalue weighted by atomic mass is 10.2. The van der Waals surface area contributed by atoms with Gasteiger partial charge in [-0.25, -0.2) is 0 Å². The predicted molar refractivity (Wildman–Crippen MR) is 105 cm³/mol. The summed E-state index contributed by atoms with van der Waals surface area (Å²) >= 11 is 9.35. The van der Waals surface area contributed by atoms with Crippen LogP contribution >= 0.6 is 34.7 Å². The molecule has 0 saturated heterocycles. The maximum Gasteiger partial charge on any atom is 0.220 e. The quantitative estimate of drug-likeness (QED) is 0.504. The maximum atomic E-state index is 12.0. The lowest BCUT2D eigenvalue weighted by Gasteiger charge is -2.23. The summed E-state index contributed by atoms with van der Waals surface area (Å²) in [5.74, 6) is 1.05. The van der Waals surface area contributed by atoms with Gasteiger partial charge in [0.05, 0.1) is 6.04 Å². The Labute approximate surface area is 157 Å². The molecule has 0 fully saturated rings. The molecule has 0 radical (unpaired) electrons. The number of thioether (sulfide) groups is 1. The smallest absolute Gasteiger partial charge is 0.220 e. The largest absolute Gasteiger partial charge is 0.354 e. The second-order valence-corrected chi connectivity index (χ2v) is 8.29. The highest BCUT2D eigenvalue weighted by molar-refractivity contribution is 7.99. The topological polar surface area (TPSA) is 32.3 Å². The van der Waals surface area contributed by atoms with E-state index >= 15 is 0 Å². The second-order valence-electron chi connectivity index (χ2n) is 5.70. The van der Waals surface area contributed by atoms with Crippen LogP contribution in [0.2, 0.25) is 5.02 Å². The molecule has 0 aliphatic rings. The predicted octanol–water partition coefficient (Wildman–Crippen LogP) is 4.69. The van der Waals surface area contributed by atoms with E-state index in [1.807, 2.05) is 44.4 Å². The first kappa shape index (κ1) is 19.3. The summed E-state index contributed by atoms with van der Waals surface area (Å²) in [6.07, 6.45) is 1.43. The van der Waals surface area contributed by atoms with Crippen LogP contribution in [0.3, 0.4) is 0 Å². The van der Waals surface area contributed by atoms with Gasteiger partial charge < -0.3 is 10.2 Å². The van der Waals surface area contributed by atoms with Crippen LogP contribution in [0.4, 0.5) is 0 Å². The zero-order valence-corrected chi connectivity index (χ0v) is 16.4. The van der Waals surface area contributed by atoms with Crippen molar-refractivity contribution in [2.45, 2.75) is 23.8 Å². The van der Waals surface area contributed by atoms with Gasteiger partial charge >= 0.3 is 0 Å². The minimum Gasteiger partial charge on any atom is -0.354 e. The van der Waals surface area contributed by atoms with Gasteiger partial charge in [0.25, 0.3) is 0 Å². The van der Waals surface area contributed by atoms with E-state index in [4.69, 9.17) is 11.6 Å². The molecule has 0 spiro atoms.